The fourth-order valence-electron chi connectivity index (χ4n) is 2.53. The Labute approximate surface area is 130 Å². The van der Waals surface area contributed by atoms with E-state index in [2.05, 4.69) is 5.32 Å². The number of carbonyl (C=O) groups excluding carboxylic acids is 3. The highest BCUT2D eigenvalue weighted by molar-refractivity contribution is 5.92. The van der Waals surface area contributed by atoms with Crippen LogP contribution < -0.4 is 22.5 Å². The molecule has 0 unspecified atom stereocenters. The molecule has 3 amide bonds. The maximum atomic E-state index is 12.4. The molecule has 0 aromatic carbocycles. The molecule has 1 aliphatic heterocycles. The van der Waals surface area contributed by atoms with Crippen LogP contribution >= 0.6 is 0 Å². The van der Waals surface area contributed by atoms with E-state index in [1.807, 2.05) is 0 Å². The summed E-state index contributed by atoms with van der Waals surface area (Å²) in [5.74, 6) is -1.18. The van der Waals surface area contributed by atoms with E-state index < -0.39 is 24.0 Å². The lowest BCUT2D eigenvalue weighted by Gasteiger charge is -2.27. The third kappa shape index (κ3) is 4.96. The number of amides is 3. The molecule has 0 saturated carbocycles. The van der Waals surface area contributed by atoms with Gasteiger partial charge in [0.05, 0.1) is 6.04 Å². The number of primary amides is 1. The summed E-state index contributed by atoms with van der Waals surface area (Å²) >= 11 is 0. The van der Waals surface area contributed by atoms with Crippen molar-refractivity contribution >= 4 is 17.7 Å². The van der Waals surface area contributed by atoms with E-state index in [1.165, 1.54) is 11.8 Å². The third-order valence-corrected chi connectivity index (χ3v) is 3.91. The first kappa shape index (κ1) is 18.4. The average molecular weight is 313 g/mol. The van der Waals surface area contributed by atoms with Crippen LogP contribution in [0.15, 0.2) is 0 Å². The second kappa shape index (κ2) is 8.70. The van der Waals surface area contributed by atoms with Gasteiger partial charge in [0.25, 0.3) is 0 Å². The summed E-state index contributed by atoms with van der Waals surface area (Å²) in [6.07, 6.45) is 3.47. The van der Waals surface area contributed by atoms with Gasteiger partial charge in [-0.1, -0.05) is 6.42 Å². The fraction of sp³-hybridized carbons (Fsp3) is 0.786. The normalized spacial score (nSPS) is 20.5. The van der Waals surface area contributed by atoms with E-state index >= 15 is 0 Å². The molecule has 0 aromatic heterocycles. The van der Waals surface area contributed by atoms with Crippen LogP contribution in [0, 0.1) is 0 Å². The van der Waals surface area contributed by atoms with Crippen molar-refractivity contribution in [2.45, 2.75) is 57.2 Å². The molecule has 8 nitrogen and oxygen atoms in total. The summed E-state index contributed by atoms with van der Waals surface area (Å²) < 4.78 is 0. The third-order valence-electron chi connectivity index (χ3n) is 3.91. The van der Waals surface area contributed by atoms with Gasteiger partial charge in [-0.3, -0.25) is 14.4 Å². The topological polar surface area (TPSA) is 145 Å². The van der Waals surface area contributed by atoms with Crippen molar-refractivity contribution in [1.82, 2.24) is 10.2 Å². The van der Waals surface area contributed by atoms with Crippen molar-refractivity contribution < 1.29 is 14.4 Å². The van der Waals surface area contributed by atoms with Crippen molar-refractivity contribution in [2.24, 2.45) is 17.2 Å². The standard InChI is InChI=1S/C14H27N5O3/c1-9(12(17)20)18-13(21)11-6-4-8-19(11)14(22)10(16)5-2-3-7-15/h9-11H,2-8,15-16H2,1H3,(H2,17,20)(H,18,21)/t9-,10+,11+/m1/s1. The van der Waals surface area contributed by atoms with Gasteiger partial charge in [-0.2, -0.15) is 0 Å². The summed E-state index contributed by atoms with van der Waals surface area (Å²) in [5, 5.41) is 2.53. The Kier molecular flexibility index (Phi) is 7.26. The van der Waals surface area contributed by atoms with E-state index in [4.69, 9.17) is 17.2 Å². The maximum Gasteiger partial charge on any atom is 0.243 e. The van der Waals surface area contributed by atoms with Crippen LogP contribution in [0.4, 0.5) is 0 Å². The van der Waals surface area contributed by atoms with E-state index in [0.29, 0.717) is 25.9 Å². The second-order valence-electron chi connectivity index (χ2n) is 5.71. The molecule has 22 heavy (non-hydrogen) atoms. The molecule has 1 rings (SSSR count). The molecule has 126 valence electrons. The lowest BCUT2D eigenvalue weighted by molar-refractivity contribution is -0.140. The summed E-state index contributed by atoms with van der Waals surface area (Å²) in [4.78, 5) is 37.1. The Hall–Kier alpha value is -1.67. The molecule has 0 spiro atoms. The number of nitrogens with zero attached hydrogens (tertiary/aromatic N) is 1. The van der Waals surface area contributed by atoms with Crippen LogP contribution in [0.5, 0.6) is 0 Å². The summed E-state index contributed by atoms with van der Waals surface area (Å²) in [6.45, 7) is 2.59. The highest BCUT2D eigenvalue weighted by Crippen LogP contribution is 2.19. The second-order valence-corrected chi connectivity index (χ2v) is 5.71. The predicted molar refractivity (Wildman–Crippen MR) is 82.4 cm³/mol. The molecule has 1 heterocycles. The molecule has 1 fully saturated rings. The number of hydrogen-bond acceptors (Lipinski definition) is 5. The number of likely N-dealkylation sites (tertiary alicyclic amines) is 1. The molecule has 3 atom stereocenters. The number of unbranched alkanes of at least 4 members (excludes halogenated alkanes) is 1. The molecular weight excluding hydrogens is 286 g/mol. The SMILES string of the molecule is C[C@@H](NC(=O)[C@@H]1CCCN1C(=O)[C@@H](N)CCCCN)C(N)=O. The quantitative estimate of drug-likeness (QED) is 0.400. The monoisotopic (exact) mass is 313 g/mol. The minimum atomic E-state index is -0.761. The van der Waals surface area contributed by atoms with Gasteiger partial charge in [-0.25, -0.2) is 0 Å². The average Bonchev–Trinajstić information content (AvgIpc) is 2.95. The highest BCUT2D eigenvalue weighted by Gasteiger charge is 2.36. The summed E-state index contributed by atoms with van der Waals surface area (Å²) in [5.41, 5.74) is 16.5. The number of rotatable bonds is 8. The first-order chi connectivity index (χ1) is 10.4. The number of carbonyl (C=O) groups is 3. The zero-order valence-electron chi connectivity index (χ0n) is 13.1. The van der Waals surface area contributed by atoms with Gasteiger partial charge in [-0.05, 0) is 39.2 Å². The number of hydrogen-bond donors (Lipinski definition) is 4. The summed E-state index contributed by atoms with van der Waals surface area (Å²) in [6, 6.07) is -1.95. The fourth-order valence-corrected chi connectivity index (χ4v) is 2.53. The van der Waals surface area contributed by atoms with Gasteiger partial charge in [0, 0.05) is 6.54 Å². The van der Waals surface area contributed by atoms with Crippen molar-refractivity contribution in [3.05, 3.63) is 0 Å². The lowest BCUT2D eigenvalue weighted by Crippen LogP contribution is -2.54. The first-order valence-electron chi connectivity index (χ1n) is 7.74. The molecule has 0 aromatic rings. The molecular formula is C14H27N5O3. The van der Waals surface area contributed by atoms with Crippen LogP contribution in [0.3, 0.4) is 0 Å². The van der Waals surface area contributed by atoms with Gasteiger partial charge >= 0.3 is 0 Å². The van der Waals surface area contributed by atoms with Crippen LogP contribution in [0.2, 0.25) is 0 Å². The van der Waals surface area contributed by atoms with Gasteiger partial charge in [-0.15, -0.1) is 0 Å². The Balaban J connectivity index is 2.59. The van der Waals surface area contributed by atoms with E-state index in [1.54, 1.807) is 0 Å². The Morgan fingerprint density at radius 1 is 1.32 bits per heavy atom. The Morgan fingerprint density at radius 2 is 2.00 bits per heavy atom. The van der Waals surface area contributed by atoms with Gasteiger partial charge in [0.2, 0.25) is 17.7 Å². The Bertz CT molecular complexity index is 415. The molecule has 8 heteroatoms. The van der Waals surface area contributed by atoms with Crippen LogP contribution in [-0.4, -0.2) is 53.8 Å². The highest BCUT2D eigenvalue weighted by atomic mass is 16.2. The smallest absolute Gasteiger partial charge is 0.243 e. The zero-order chi connectivity index (χ0) is 16.7. The first-order valence-corrected chi connectivity index (χ1v) is 7.74. The van der Waals surface area contributed by atoms with Crippen molar-refractivity contribution in [1.29, 1.82) is 0 Å². The van der Waals surface area contributed by atoms with Gasteiger partial charge in [0.15, 0.2) is 0 Å². The molecule has 0 radical (unpaired) electrons. The summed E-state index contributed by atoms with van der Waals surface area (Å²) in [7, 11) is 0. The minimum absolute atomic E-state index is 0.221. The van der Waals surface area contributed by atoms with Gasteiger partial charge < -0.3 is 27.4 Å². The van der Waals surface area contributed by atoms with Crippen LogP contribution in [0.1, 0.15) is 39.0 Å². The van der Waals surface area contributed by atoms with Crippen LogP contribution in [-0.2, 0) is 14.4 Å². The maximum absolute atomic E-state index is 12.4. The largest absolute Gasteiger partial charge is 0.368 e. The Morgan fingerprint density at radius 3 is 2.59 bits per heavy atom. The van der Waals surface area contributed by atoms with Crippen molar-refractivity contribution in [3.8, 4) is 0 Å². The van der Waals surface area contributed by atoms with Crippen molar-refractivity contribution in [2.75, 3.05) is 13.1 Å². The van der Waals surface area contributed by atoms with E-state index in [0.717, 1.165) is 19.3 Å². The van der Waals surface area contributed by atoms with Crippen LogP contribution in [0.25, 0.3) is 0 Å². The molecule has 7 N–H and O–H groups in total. The number of nitrogens with one attached hydrogen (secondary N) is 1. The molecule has 0 bridgehead atoms. The molecule has 1 aliphatic rings. The minimum Gasteiger partial charge on any atom is -0.368 e. The number of nitrogens with two attached hydrogens (primary N) is 3. The molecule has 1 saturated heterocycles. The van der Waals surface area contributed by atoms with E-state index in [9.17, 15) is 14.4 Å². The predicted octanol–water partition coefficient (Wildman–Crippen LogP) is -1.58. The van der Waals surface area contributed by atoms with Crippen molar-refractivity contribution in [3.63, 3.8) is 0 Å². The van der Waals surface area contributed by atoms with E-state index in [-0.39, 0.29) is 11.8 Å². The molecule has 0 aliphatic carbocycles. The lowest BCUT2D eigenvalue weighted by atomic mass is 10.1. The van der Waals surface area contributed by atoms with Gasteiger partial charge in [0.1, 0.15) is 12.1 Å². The zero-order valence-corrected chi connectivity index (χ0v) is 13.1.